The maximum atomic E-state index is 13.4. The number of nitrogens with one attached hydrogen (secondary N) is 1. The SMILES string of the molecule is Fc1cccc(Cn2cncc2CCNSOCc2cccc(OCc3ccccc3)c2)c1. The van der Waals surface area contributed by atoms with E-state index in [1.807, 2.05) is 71.4 Å². The zero-order valence-corrected chi connectivity index (χ0v) is 19.0. The van der Waals surface area contributed by atoms with Gasteiger partial charge in [-0.15, -0.1) is 0 Å². The fraction of sp³-hybridized carbons (Fsp3) is 0.192. The summed E-state index contributed by atoms with van der Waals surface area (Å²) in [5.41, 5.74) is 4.17. The number of hydrogen-bond donors (Lipinski definition) is 1. The summed E-state index contributed by atoms with van der Waals surface area (Å²) in [6.45, 7) is 2.33. The molecule has 0 aliphatic heterocycles. The average molecular weight is 464 g/mol. The van der Waals surface area contributed by atoms with E-state index in [1.54, 1.807) is 18.5 Å². The monoisotopic (exact) mass is 463 g/mol. The Morgan fingerprint density at radius 2 is 1.70 bits per heavy atom. The normalized spacial score (nSPS) is 10.9. The van der Waals surface area contributed by atoms with E-state index in [1.165, 1.54) is 18.3 Å². The topological polar surface area (TPSA) is 48.3 Å². The molecule has 1 N–H and O–H groups in total. The molecule has 1 aromatic heterocycles. The van der Waals surface area contributed by atoms with Gasteiger partial charge in [0, 0.05) is 31.4 Å². The van der Waals surface area contributed by atoms with Crippen molar-refractivity contribution in [1.29, 1.82) is 0 Å². The third kappa shape index (κ3) is 7.46. The quantitative estimate of drug-likeness (QED) is 0.169. The molecular weight excluding hydrogens is 437 g/mol. The lowest BCUT2D eigenvalue weighted by Gasteiger charge is -2.10. The lowest BCUT2D eigenvalue weighted by molar-refractivity contribution is 0.304. The Kier molecular flexibility index (Phi) is 8.52. The number of aromatic nitrogens is 2. The number of hydrogen-bond acceptors (Lipinski definition) is 5. The zero-order chi connectivity index (χ0) is 22.7. The molecule has 5 nitrogen and oxygen atoms in total. The molecule has 0 saturated heterocycles. The van der Waals surface area contributed by atoms with Gasteiger partial charge in [-0.3, -0.25) is 4.18 Å². The van der Waals surface area contributed by atoms with Crippen molar-refractivity contribution in [3.05, 3.63) is 120 Å². The van der Waals surface area contributed by atoms with Crippen LogP contribution in [0.1, 0.15) is 22.4 Å². The second kappa shape index (κ2) is 12.2. The number of halogens is 1. The van der Waals surface area contributed by atoms with Gasteiger partial charge in [-0.1, -0.05) is 54.6 Å². The molecule has 7 heteroatoms. The van der Waals surface area contributed by atoms with Crippen LogP contribution in [0.4, 0.5) is 4.39 Å². The lowest BCUT2D eigenvalue weighted by Crippen LogP contribution is -2.12. The minimum atomic E-state index is -0.224. The number of imidazole rings is 1. The summed E-state index contributed by atoms with van der Waals surface area (Å²) >= 11 is 1.23. The van der Waals surface area contributed by atoms with Crippen LogP contribution < -0.4 is 9.46 Å². The highest BCUT2D eigenvalue weighted by atomic mass is 32.2. The van der Waals surface area contributed by atoms with Crippen LogP contribution in [0.5, 0.6) is 5.75 Å². The first-order chi connectivity index (χ1) is 16.3. The van der Waals surface area contributed by atoms with Crippen LogP contribution in [-0.2, 0) is 30.4 Å². The van der Waals surface area contributed by atoms with Gasteiger partial charge < -0.3 is 9.30 Å². The molecule has 4 rings (SSSR count). The van der Waals surface area contributed by atoms with Crippen molar-refractivity contribution < 1.29 is 13.3 Å². The molecule has 0 saturated carbocycles. The second-order valence-corrected chi connectivity index (χ2v) is 8.25. The Balaban J connectivity index is 1.16. The fourth-order valence-corrected chi connectivity index (χ4v) is 3.82. The number of ether oxygens (including phenoxy) is 1. The van der Waals surface area contributed by atoms with Crippen molar-refractivity contribution in [2.24, 2.45) is 0 Å². The summed E-state index contributed by atoms with van der Waals surface area (Å²) in [7, 11) is 0. The molecule has 0 atom stereocenters. The van der Waals surface area contributed by atoms with Crippen LogP contribution in [0, 0.1) is 5.82 Å². The van der Waals surface area contributed by atoms with E-state index in [-0.39, 0.29) is 5.82 Å². The number of nitrogens with zero attached hydrogens (tertiary/aromatic N) is 2. The predicted octanol–water partition coefficient (Wildman–Crippen LogP) is 5.56. The van der Waals surface area contributed by atoms with Crippen LogP contribution in [0.2, 0.25) is 0 Å². The van der Waals surface area contributed by atoms with Crippen molar-refractivity contribution in [3.8, 4) is 5.75 Å². The first-order valence-electron chi connectivity index (χ1n) is 10.8. The molecule has 0 fully saturated rings. The molecule has 0 amide bonds. The number of benzene rings is 3. The van der Waals surface area contributed by atoms with Gasteiger partial charge in [0.05, 0.1) is 25.2 Å². The molecule has 0 aliphatic rings. The Bertz CT molecular complexity index is 1140. The summed E-state index contributed by atoms with van der Waals surface area (Å²) in [5.74, 6) is 0.599. The van der Waals surface area contributed by atoms with Gasteiger partial charge in [0.15, 0.2) is 0 Å². The van der Waals surface area contributed by atoms with E-state index in [0.717, 1.165) is 41.1 Å². The molecular formula is C26H26FN3O2S. The van der Waals surface area contributed by atoms with Gasteiger partial charge in [-0.25, -0.2) is 14.1 Å². The van der Waals surface area contributed by atoms with Crippen molar-refractivity contribution in [2.45, 2.75) is 26.2 Å². The maximum absolute atomic E-state index is 13.4. The van der Waals surface area contributed by atoms with E-state index in [9.17, 15) is 4.39 Å². The van der Waals surface area contributed by atoms with Gasteiger partial charge in [0.2, 0.25) is 0 Å². The van der Waals surface area contributed by atoms with Gasteiger partial charge in [0.1, 0.15) is 18.2 Å². The fourth-order valence-electron chi connectivity index (χ4n) is 3.36. The van der Waals surface area contributed by atoms with Gasteiger partial charge in [0.25, 0.3) is 0 Å². The molecule has 0 radical (unpaired) electrons. The Morgan fingerprint density at radius 1 is 0.879 bits per heavy atom. The summed E-state index contributed by atoms with van der Waals surface area (Å²) in [5, 5.41) is 0. The van der Waals surface area contributed by atoms with Crippen LogP contribution >= 0.6 is 12.2 Å². The van der Waals surface area contributed by atoms with Crippen LogP contribution in [0.15, 0.2) is 91.4 Å². The first-order valence-corrected chi connectivity index (χ1v) is 11.5. The molecule has 1 heterocycles. The van der Waals surface area contributed by atoms with E-state index < -0.39 is 0 Å². The van der Waals surface area contributed by atoms with Gasteiger partial charge >= 0.3 is 0 Å². The first kappa shape index (κ1) is 23.0. The Hall–Kier alpha value is -3.13. The van der Waals surface area contributed by atoms with Crippen molar-refractivity contribution in [3.63, 3.8) is 0 Å². The van der Waals surface area contributed by atoms with Gasteiger partial charge in [-0.2, -0.15) is 0 Å². The van der Waals surface area contributed by atoms with E-state index in [4.69, 9.17) is 8.92 Å². The van der Waals surface area contributed by atoms with Crippen LogP contribution in [0.25, 0.3) is 0 Å². The molecule has 0 aliphatic carbocycles. The molecule has 170 valence electrons. The van der Waals surface area contributed by atoms with Crippen LogP contribution in [0.3, 0.4) is 0 Å². The molecule has 0 spiro atoms. The maximum Gasteiger partial charge on any atom is 0.123 e. The largest absolute Gasteiger partial charge is 0.489 e. The summed E-state index contributed by atoms with van der Waals surface area (Å²) < 4.78 is 30.2. The highest BCUT2D eigenvalue weighted by Gasteiger charge is 2.05. The highest BCUT2D eigenvalue weighted by molar-refractivity contribution is 7.92. The summed E-state index contributed by atoms with van der Waals surface area (Å²) in [6.07, 6.45) is 4.40. The van der Waals surface area contributed by atoms with Crippen molar-refractivity contribution in [2.75, 3.05) is 6.54 Å². The third-order valence-corrected chi connectivity index (χ3v) is 5.57. The average Bonchev–Trinajstić information content (AvgIpc) is 3.27. The zero-order valence-electron chi connectivity index (χ0n) is 18.2. The third-order valence-electron chi connectivity index (χ3n) is 5.01. The Labute approximate surface area is 197 Å². The van der Waals surface area contributed by atoms with Crippen molar-refractivity contribution in [1.82, 2.24) is 14.3 Å². The summed E-state index contributed by atoms with van der Waals surface area (Å²) in [6, 6.07) is 24.7. The second-order valence-electron chi connectivity index (χ2n) is 7.55. The number of rotatable bonds is 12. The van der Waals surface area contributed by atoms with Crippen molar-refractivity contribution >= 4 is 12.2 Å². The standard InChI is InChI=1S/C26H26FN3O2S/c27-24-10-4-8-22(14-24)17-30-20-28-16-25(30)12-13-29-33-32-19-23-9-5-11-26(15-23)31-18-21-6-2-1-3-7-21/h1-11,14-16,20,29H,12-13,17-19H2. The van der Waals surface area contributed by atoms with E-state index >= 15 is 0 Å². The summed E-state index contributed by atoms with van der Waals surface area (Å²) in [4.78, 5) is 4.23. The van der Waals surface area contributed by atoms with E-state index in [0.29, 0.717) is 19.8 Å². The molecule has 33 heavy (non-hydrogen) atoms. The Morgan fingerprint density at radius 3 is 2.58 bits per heavy atom. The molecule has 4 aromatic rings. The predicted molar refractivity (Wildman–Crippen MR) is 129 cm³/mol. The van der Waals surface area contributed by atoms with Gasteiger partial charge in [-0.05, 0) is 41.0 Å². The lowest BCUT2D eigenvalue weighted by atomic mass is 10.2. The minimum Gasteiger partial charge on any atom is -0.489 e. The molecule has 0 unspecified atom stereocenters. The smallest absolute Gasteiger partial charge is 0.123 e. The highest BCUT2D eigenvalue weighted by Crippen LogP contribution is 2.17. The minimum absolute atomic E-state index is 0.224. The molecule has 0 bridgehead atoms. The van der Waals surface area contributed by atoms with Crippen LogP contribution in [-0.4, -0.2) is 16.1 Å². The molecule has 3 aromatic carbocycles. The van der Waals surface area contributed by atoms with E-state index in [2.05, 4.69) is 9.71 Å².